The Labute approximate surface area is 156 Å². The van der Waals surface area contributed by atoms with Crippen molar-refractivity contribution in [2.75, 3.05) is 0 Å². The maximum atomic E-state index is 2.52. The topological polar surface area (TPSA) is 0 Å². The molecule has 2 bridgehead atoms. The van der Waals surface area contributed by atoms with Crippen LogP contribution in [0, 0.1) is 11.8 Å². The first-order chi connectivity index (χ1) is 12.9. The fourth-order valence-electron chi connectivity index (χ4n) is 5.21. The molecule has 1 heteroatoms. The molecule has 0 N–H and O–H groups in total. The Hall–Kier alpha value is -2.17. The Morgan fingerprint density at radius 1 is 0.538 bits per heavy atom. The van der Waals surface area contributed by atoms with Crippen molar-refractivity contribution in [2.45, 2.75) is 18.5 Å². The van der Waals surface area contributed by atoms with Crippen LogP contribution in [-0.2, 0) is 0 Å². The molecular weight excluding hydrogens is 331 g/mol. The highest BCUT2D eigenvalue weighted by atomic mass is 31.2. The lowest BCUT2D eigenvalue weighted by molar-refractivity contribution is 0.692. The van der Waals surface area contributed by atoms with Crippen molar-refractivity contribution in [3.05, 3.63) is 103 Å². The van der Waals surface area contributed by atoms with Gasteiger partial charge in [0.2, 0.25) is 0 Å². The second-order valence-electron chi connectivity index (χ2n) is 7.58. The average molecular weight is 355 g/mol. The molecule has 0 aliphatic heterocycles. The zero-order valence-electron chi connectivity index (χ0n) is 14.9. The van der Waals surface area contributed by atoms with Crippen molar-refractivity contribution >= 4 is 23.2 Å². The largest absolute Gasteiger partial charge is 0.115 e. The molecule has 2 aliphatic rings. The van der Waals surface area contributed by atoms with Crippen molar-refractivity contribution in [2.24, 2.45) is 11.8 Å². The van der Waals surface area contributed by atoms with Crippen LogP contribution in [0.25, 0.3) is 0 Å². The van der Waals surface area contributed by atoms with Gasteiger partial charge in [-0.2, -0.15) is 0 Å². The van der Waals surface area contributed by atoms with Crippen LogP contribution in [0.3, 0.4) is 0 Å². The van der Waals surface area contributed by atoms with Gasteiger partial charge in [-0.15, -0.1) is 0 Å². The van der Waals surface area contributed by atoms with E-state index in [1.54, 1.807) is 0 Å². The van der Waals surface area contributed by atoms with Gasteiger partial charge >= 0.3 is 0 Å². The minimum atomic E-state index is -1.69. The molecule has 3 atom stereocenters. The van der Waals surface area contributed by atoms with E-state index in [-0.39, 0.29) is 0 Å². The van der Waals surface area contributed by atoms with Crippen molar-refractivity contribution < 1.29 is 0 Å². The zero-order valence-corrected chi connectivity index (χ0v) is 15.8. The molecule has 0 saturated heterocycles. The molecule has 3 aromatic rings. The second kappa shape index (κ2) is 6.53. The van der Waals surface area contributed by atoms with E-state index in [4.69, 9.17) is 0 Å². The van der Waals surface area contributed by atoms with Crippen molar-refractivity contribution in [1.82, 2.24) is 0 Å². The summed E-state index contributed by atoms with van der Waals surface area (Å²) >= 11 is 0. The first-order valence-corrected chi connectivity index (χ1v) is 11.5. The third kappa shape index (κ3) is 2.40. The zero-order chi connectivity index (χ0) is 17.4. The van der Waals surface area contributed by atoms with Crippen LogP contribution >= 0.6 is 7.26 Å². The fourth-order valence-corrected chi connectivity index (χ4v) is 10.6. The highest BCUT2D eigenvalue weighted by molar-refractivity contribution is 7.96. The van der Waals surface area contributed by atoms with Crippen molar-refractivity contribution in [3.8, 4) is 0 Å². The van der Waals surface area contributed by atoms with Gasteiger partial charge in [-0.3, -0.25) is 0 Å². The standard InChI is InChI=1S/C25H24P/c1-4-10-22(11-5-1)26(23-12-6-2-7-13-23,24-14-8-3-9-15-24)25-19-20-16-17-21(25)18-20/h1-17,20-21,25H,18-19H2/q+1/t20-,21+,25+/m0/s1. The normalized spacial score (nSPS) is 24.1. The number of fused-ring (bicyclic) bond motifs is 2. The van der Waals surface area contributed by atoms with Gasteiger partial charge in [-0.25, -0.2) is 0 Å². The highest BCUT2D eigenvalue weighted by Crippen LogP contribution is 2.67. The first-order valence-electron chi connectivity index (χ1n) is 9.63. The molecule has 3 aromatic carbocycles. The van der Waals surface area contributed by atoms with E-state index in [2.05, 4.69) is 103 Å². The predicted octanol–water partition coefficient (Wildman–Crippen LogP) is 4.95. The van der Waals surface area contributed by atoms with E-state index < -0.39 is 7.26 Å². The summed E-state index contributed by atoms with van der Waals surface area (Å²) in [5.74, 6) is 1.49. The lowest BCUT2D eigenvalue weighted by Crippen LogP contribution is -2.40. The number of hydrogen-bond acceptors (Lipinski definition) is 0. The maximum Gasteiger partial charge on any atom is 0.115 e. The molecule has 5 rings (SSSR count). The van der Waals surface area contributed by atoms with E-state index in [0.29, 0.717) is 11.6 Å². The monoisotopic (exact) mass is 355 g/mol. The van der Waals surface area contributed by atoms with Gasteiger partial charge in [0.1, 0.15) is 23.2 Å². The highest BCUT2D eigenvalue weighted by Gasteiger charge is 2.58. The summed E-state index contributed by atoms with van der Waals surface area (Å²) in [6.07, 6.45) is 7.66. The van der Waals surface area contributed by atoms with Crippen molar-refractivity contribution in [1.29, 1.82) is 0 Å². The molecule has 0 unspecified atom stereocenters. The molecule has 0 spiro atoms. The molecule has 1 saturated carbocycles. The van der Waals surface area contributed by atoms with Crippen LogP contribution in [0.2, 0.25) is 0 Å². The number of hydrogen-bond donors (Lipinski definition) is 0. The molecule has 128 valence electrons. The number of allylic oxidation sites excluding steroid dienone is 2. The minimum Gasteiger partial charge on any atom is -0.0848 e. The molecule has 0 radical (unpaired) electrons. The fraction of sp³-hybridized carbons (Fsp3) is 0.200. The summed E-state index contributed by atoms with van der Waals surface area (Å²) < 4.78 is 0. The van der Waals surface area contributed by atoms with Crippen LogP contribution in [0.15, 0.2) is 103 Å². The Kier molecular flexibility index (Phi) is 4.03. The van der Waals surface area contributed by atoms with Gasteiger partial charge < -0.3 is 0 Å². The van der Waals surface area contributed by atoms with Crippen LogP contribution in [0.4, 0.5) is 0 Å². The smallest absolute Gasteiger partial charge is 0.0848 e. The average Bonchev–Trinajstić information content (AvgIpc) is 3.35. The van der Waals surface area contributed by atoms with Gasteiger partial charge in [0.15, 0.2) is 0 Å². The Balaban J connectivity index is 1.82. The summed E-state index contributed by atoms with van der Waals surface area (Å²) in [7, 11) is -1.69. The van der Waals surface area contributed by atoms with E-state index in [9.17, 15) is 0 Å². The lowest BCUT2D eigenvalue weighted by Gasteiger charge is -2.36. The van der Waals surface area contributed by atoms with Crippen LogP contribution in [0.5, 0.6) is 0 Å². The Bertz CT molecular complexity index is 802. The molecule has 26 heavy (non-hydrogen) atoms. The quantitative estimate of drug-likeness (QED) is 0.459. The van der Waals surface area contributed by atoms with Gasteiger partial charge in [0, 0.05) is 5.92 Å². The van der Waals surface area contributed by atoms with Gasteiger partial charge in [-0.1, -0.05) is 66.7 Å². The summed E-state index contributed by atoms with van der Waals surface area (Å²) in [5, 5.41) is 4.59. The molecule has 0 heterocycles. The Morgan fingerprint density at radius 3 is 1.35 bits per heavy atom. The Morgan fingerprint density at radius 2 is 1.00 bits per heavy atom. The van der Waals surface area contributed by atoms with Crippen LogP contribution in [-0.4, -0.2) is 5.66 Å². The summed E-state index contributed by atoms with van der Waals surface area (Å²) in [5.41, 5.74) is 0.713. The van der Waals surface area contributed by atoms with Crippen molar-refractivity contribution in [3.63, 3.8) is 0 Å². The predicted molar refractivity (Wildman–Crippen MR) is 114 cm³/mol. The summed E-state index contributed by atoms with van der Waals surface area (Å²) in [6.45, 7) is 0. The maximum absolute atomic E-state index is 2.52. The van der Waals surface area contributed by atoms with Crippen LogP contribution < -0.4 is 15.9 Å². The molecule has 0 aromatic heterocycles. The number of rotatable bonds is 4. The van der Waals surface area contributed by atoms with Gasteiger partial charge in [0.05, 0.1) is 5.66 Å². The van der Waals surface area contributed by atoms with Gasteiger partial charge in [0.25, 0.3) is 0 Å². The molecule has 0 nitrogen and oxygen atoms in total. The van der Waals surface area contributed by atoms with Crippen LogP contribution in [0.1, 0.15) is 12.8 Å². The molecule has 1 fully saturated rings. The second-order valence-corrected chi connectivity index (χ2v) is 11.2. The van der Waals surface area contributed by atoms with Gasteiger partial charge in [-0.05, 0) is 55.2 Å². The SMILES string of the molecule is C1=C[C@@H]2C[C@H]1C[C@H]2[P+](c1ccccc1)(c1ccccc1)c1ccccc1. The lowest BCUT2D eigenvalue weighted by atomic mass is 10.1. The molecular formula is C25H24P+. The number of benzene rings is 3. The third-order valence-electron chi connectivity index (χ3n) is 6.23. The van der Waals surface area contributed by atoms with E-state index >= 15 is 0 Å². The molecule has 0 amide bonds. The third-order valence-corrected chi connectivity index (χ3v) is 11.2. The molecule has 2 aliphatic carbocycles. The minimum absolute atomic E-state index is 0.713. The van der Waals surface area contributed by atoms with E-state index in [0.717, 1.165) is 5.92 Å². The summed E-state index contributed by atoms with van der Waals surface area (Å²) in [4.78, 5) is 0. The van der Waals surface area contributed by atoms with E-state index in [1.165, 1.54) is 28.8 Å². The van der Waals surface area contributed by atoms with E-state index in [1.807, 2.05) is 0 Å². The summed E-state index contributed by atoms with van der Waals surface area (Å²) in [6, 6.07) is 34.0. The first kappa shape index (κ1) is 16.0.